The summed E-state index contributed by atoms with van der Waals surface area (Å²) < 4.78 is 12.2. The summed E-state index contributed by atoms with van der Waals surface area (Å²) in [7, 11) is 2.06. The minimum atomic E-state index is -2.26. The summed E-state index contributed by atoms with van der Waals surface area (Å²) >= 11 is -2.26. The first-order valence-corrected chi connectivity index (χ1v) is 21.2. The van der Waals surface area contributed by atoms with Gasteiger partial charge in [-0.25, -0.2) is 0 Å². The van der Waals surface area contributed by atoms with Gasteiger partial charge in [0.1, 0.15) is 0 Å². The molecule has 1 nitrogen and oxygen atoms in total. The molecule has 0 spiro atoms. The third-order valence-corrected chi connectivity index (χ3v) is 28.6. The molecule has 2 heteroatoms. The summed E-state index contributed by atoms with van der Waals surface area (Å²) in [5.74, 6) is 1.80. The van der Waals surface area contributed by atoms with E-state index in [1.54, 1.807) is 26.2 Å². The molecule has 3 atom stereocenters. The third-order valence-electron chi connectivity index (χ3n) is 8.98. The molecule has 0 radical (unpaired) electrons. The van der Waals surface area contributed by atoms with Crippen LogP contribution in [0.2, 0.25) is 16.7 Å². The molecule has 2 aliphatic rings. The Kier molecular flexibility index (Phi) is 12.0. The van der Waals surface area contributed by atoms with E-state index in [4.69, 9.17) is 4.74 Å². The maximum absolute atomic E-state index is 6.39. The SMILES string of the molecule is CCCC[C@]1([Sn]([CH2]CCC)([CH2]CCC)[CH2]CCC)C[C@H]1C(OC)C1CCCCC1. The molecule has 0 bridgehead atoms. The first-order valence-electron chi connectivity index (χ1n) is 13.7. The molecular weight excluding hydrogens is 459 g/mol. The van der Waals surface area contributed by atoms with Gasteiger partial charge in [0.2, 0.25) is 0 Å². The van der Waals surface area contributed by atoms with Gasteiger partial charge in [-0.05, 0) is 0 Å². The number of hydrogen-bond acceptors (Lipinski definition) is 1. The van der Waals surface area contributed by atoms with Gasteiger partial charge in [-0.3, -0.25) is 0 Å². The van der Waals surface area contributed by atoms with E-state index in [2.05, 4.69) is 34.8 Å². The average molecular weight is 513 g/mol. The molecule has 29 heavy (non-hydrogen) atoms. The zero-order valence-corrected chi connectivity index (χ0v) is 23.7. The normalized spacial score (nSPS) is 26.6. The Morgan fingerprint density at radius 1 is 0.793 bits per heavy atom. The van der Waals surface area contributed by atoms with Crippen LogP contribution in [0.4, 0.5) is 0 Å². The Balaban J connectivity index is 2.32. The molecule has 0 aromatic carbocycles. The number of rotatable bonds is 16. The van der Waals surface area contributed by atoms with Gasteiger partial charge in [0, 0.05) is 0 Å². The van der Waals surface area contributed by atoms with Gasteiger partial charge in [0.15, 0.2) is 0 Å². The molecule has 0 aliphatic heterocycles. The Morgan fingerprint density at radius 3 is 1.76 bits per heavy atom. The Hall–Kier alpha value is 0.759. The molecular formula is C27H54OSn. The molecule has 172 valence electrons. The van der Waals surface area contributed by atoms with Crippen LogP contribution in [0, 0.1) is 11.8 Å². The minimum absolute atomic E-state index is 0.591. The van der Waals surface area contributed by atoms with E-state index < -0.39 is 18.4 Å². The molecule has 0 aromatic heterocycles. The fraction of sp³-hybridized carbons (Fsp3) is 1.00. The monoisotopic (exact) mass is 514 g/mol. The first kappa shape index (κ1) is 26.0. The van der Waals surface area contributed by atoms with Crippen molar-refractivity contribution in [2.24, 2.45) is 11.8 Å². The van der Waals surface area contributed by atoms with E-state index in [0.29, 0.717) is 6.10 Å². The fourth-order valence-corrected chi connectivity index (χ4v) is 29.1. The van der Waals surface area contributed by atoms with Crippen LogP contribution in [-0.4, -0.2) is 31.6 Å². The molecule has 0 aromatic rings. The second-order valence-corrected chi connectivity index (χ2v) is 25.2. The van der Waals surface area contributed by atoms with Crippen molar-refractivity contribution in [3.63, 3.8) is 0 Å². The summed E-state index contributed by atoms with van der Waals surface area (Å²) in [6.07, 6.45) is 22.6. The van der Waals surface area contributed by atoms with Crippen molar-refractivity contribution in [2.45, 2.75) is 147 Å². The van der Waals surface area contributed by atoms with E-state index in [-0.39, 0.29) is 0 Å². The molecule has 2 aliphatic carbocycles. The summed E-state index contributed by atoms with van der Waals surface area (Å²) in [4.78, 5) is 0. The van der Waals surface area contributed by atoms with Crippen LogP contribution in [0.5, 0.6) is 0 Å². The van der Waals surface area contributed by atoms with Gasteiger partial charge < -0.3 is 0 Å². The zero-order chi connectivity index (χ0) is 21.2. The average Bonchev–Trinajstić information content (AvgIpc) is 3.49. The van der Waals surface area contributed by atoms with Crippen LogP contribution in [0.1, 0.15) is 124 Å². The van der Waals surface area contributed by atoms with Crippen molar-refractivity contribution in [1.82, 2.24) is 0 Å². The van der Waals surface area contributed by atoms with Crippen molar-refractivity contribution in [3.05, 3.63) is 0 Å². The van der Waals surface area contributed by atoms with E-state index in [9.17, 15) is 0 Å². The number of hydrogen-bond donors (Lipinski definition) is 0. The van der Waals surface area contributed by atoms with Gasteiger partial charge >= 0.3 is 189 Å². The van der Waals surface area contributed by atoms with Crippen molar-refractivity contribution < 1.29 is 4.74 Å². The topological polar surface area (TPSA) is 9.23 Å². The second-order valence-electron chi connectivity index (χ2n) is 10.8. The van der Waals surface area contributed by atoms with Gasteiger partial charge in [0.05, 0.1) is 0 Å². The summed E-state index contributed by atoms with van der Waals surface area (Å²) in [6, 6.07) is 0. The van der Waals surface area contributed by atoms with Gasteiger partial charge in [-0.1, -0.05) is 0 Å². The van der Waals surface area contributed by atoms with Crippen LogP contribution in [0.25, 0.3) is 0 Å². The standard InChI is InChI=1S/C15H27O.3C4H9.Sn/c1-3-4-8-13-11-14(13)15(16-2)12-9-6-5-7-10-12;3*1-3-4-2;/h12,14-15H,3-11H2,1-2H3;3*1,3-4H2,2H3;/t14-,15?;;;;/m1..../s1. The van der Waals surface area contributed by atoms with Gasteiger partial charge in [-0.15, -0.1) is 0 Å². The van der Waals surface area contributed by atoms with Crippen molar-refractivity contribution in [2.75, 3.05) is 7.11 Å². The Bertz CT molecular complexity index is 408. The van der Waals surface area contributed by atoms with Crippen molar-refractivity contribution >= 4 is 18.4 Å². The Morgan fingerprint density at radius 2 is 1.31 bits per heavy atom. The molecule has 2 fully saturated rings. The number of ether oxygens (including phenoxy) is 1. The van der Waals surface area contributed by atoms with E-state index in [1.807, 2.05) is 0 Å². The molecule has 0 heterocycles. The predicted octanol–water partition coefficient (Wildman–Crippen LogP) is 9.38. The maximum atomic E-state index is 6.39. The van der Waals surface area contributed by atoms with Crippen LogP contribution in [-0.2, 0) is 4.74 Å². The fourth-order valence-electron chi connectivity index (χ4n) is 7.23. The summed E-state index contributed by atoms with van der Waals surface area (Å²) in [5, 5.41) is 0. The summed E-state index contributed by atoms with van der Waals surface area (Å²) in [6.45, 7) is 9.71. The van der Waals surface area contributed by atoms with Crippen molar-refractivity contribution in [1.29, 1.82) is 0 Å². The van der Waals surface area contributed by atoms with Gasteiger partial charge in [-0.2, -0.15) is 0 Å². The van der Waals surface area contributed by atoms with Crippen LogP contribution in [0.15, 0.2) is 0 Å². The predicted molar refractivity (Wildman–Crippen MR) is 133 cm³/mol. The van der Waals surface area contributed by atoms with Crippen LogP contribution < -0.4 is 0 Å². The number of unbranched alkanes of at least 4 members (excludes halogenated alkanes) is 4. The van der Waals surface area contributed by atoms with E-state index in [0.717, 1.165) is 15.3 Å². The van der Waals surface area contributed by atoms with Crippen LogP contribution in [0.3, 0.4) is 0 Å². The molecule has 2 saturated carbocycles. The van der Waals surface area contributed by atoms with E-state index in [1.165, 1.54) is 83.5 Å². The second kappa shape index (κ2) is 13.3. The molecule has 2 rings (SSSR count). The van der Waals surface area contributed by atoms with E-state index >= 15 is 0 Å². The van der Waals surface area contributed by atoms with Gasteiger partial charge in [0.25, 0.3) is 0 Å². The zero-order valence-electron chi connectivity index (χ0n) is 20.9. The number of methoxy groups -OCH3 is 1. The molecule has 1 unspecified atom stereocenters. The van der Waals surface area contributed by atoms with Crippen molar-refractivity contribution in [3.8, 4) is 0 Å². The molecule has 0 saturated heterocycles. The molecule has 0 N–H and O–H groups in total. The Labute approximate surface area is 188 Å². The summed E-state index contributed by atoms with van der Waals surface area (Å²) in [5.41, 5.74) is 0. The third kappa shape index (κ3) is 6.39. The van der Waals surface area contributed by atoms with Crippen LogP contribution >= 0.6 is 0 Å². The first-order chi connectivity index (χ1) is 14.1. The molecule has 0 amide bonds. The quantitative estimate of drug-likeness (QED) is 0.187.